The second kappa shape index (κ2) is 10.2. The van der Waals surface area contributed by atoms with Crippen LogP contribution in [0, 0.1) is 6.92 Å². The molecule has 0 fully saturated rings. The third-order valence-corrected chi connectivity index (χ3v) is 6.52. The predicted octanol–water partition coefficient (Wildman–Crippen LogP) is 3.90. The Kier molecular flexibility index (Phi) is 7.12. The van der Waals surface area contributed by atoms with Crippen LogP contribution >= 0.6 is 11.3 Å². The second-order valence-electron chi connectivity index (χ2n) is 8.13. The Hall–Kier alpha value is -3.45. The molecule has 1 atom stereocenters. The van der Waals surface area contributed by atoms with Gasteiger partial charge in [0.05, 0.1) is 35.1 Å². The number of carbonyl (C=O) groups is 1. The summed E-state index contributed by atoms with van der Waals surface area (Å²) in [7, 11) is 0. The quantitative estimate of drug-likeness (QED) is 0.485. The molecule has 176 valence electrons. The largest absolute Gasteiger partial charge is 0.494 e. The number of benzene rings is 2. The van der Waals surface area contributed by atoms with Gasteiger partial charge in [-0.3, -0.25) is 9.36 Å². The van der Waals surface area contributed by atoms with Crippen molar-refractivity contribution in [3.05, 3.63) is 96.2 Å². The molecule has 0 saturated carbocycles. The Balaban J connectivity index is 1.87. The molecular formula is C27H28N2O4S. The summed E-state index contributed by atoms with van der Waals surface area (Å²) in [5.74, 6) is 0.311. The van der Waals surface area contributed by atoms with E-state index in [0.717, 1.165) is 28.9 Å². The van der Waals surface area contributed by atoms with Gasteiger partial charge < -0.3 is 9.47 Å². The number of hydrogen-bond acceptors (Lipinski definition) is 6. The number of thiazole rings is 1. The predicted molar refractivity (Wildman–Crippen MR) is 134 cm³/mol. The normalized spacial score (nSPS) is 15.6. The zero-order valence-corrected chi connectivity index (χ0v) is 20.6. The highest BCUT2D eigenvalue weighted by Gasteiger charge is 2.33. The fourth-order valence-corrected chi connectivity index (χ4v) is 4.97. The van der Waals surface area contributed by atoms with Crippen LogP contribution in [0.15, 0.2) is 69.6 Å². The molecule has 1 aliphatic heterocycles. The number of allylic oxidation sites excluding steroid dienone is 1. The van der Waals surface area contributed by atoms with Crippen LogP contribution in [-0.4, -0.2) is 23.8 Å². The van der Waals surface area contributed by atoms with E-state index in [4.69, 9.17) is 9.47 Å². The summed E-state index contributed by atoms with van der Waals surface area (Å²) in [6.07, 6.45) is 2.77. The van der Waals surface area contributed by atoms with Crippen molar-refractivity contribution in [3.63, 3.8) is 0 Å². The van der Waals surface area contributed by atoms with Crippen molar-refractivity contribution >= 4 is 23.4 Å². The van der Waals surface area contributed by atoms with Gasteiger partial charge in [-0.05, 0) is 56.5 Å². The van der Waals surface area contributed by atoms with Crippen molar-refractivity contribution in [1.29, 1.82) is 0 Å². The minimum Gasteiger partial charge on any atom is -0.494 e. The van der Waals surface area contributed by atoms with Gasteiger partial charge in [-0.25, -0.2) is 9.79 Å². The van der Waals surface area contributed by atoms with E-state index < -0.39 is 12.0 Å². The maximum absolute atomic E-state index is 13.6. The van der Waals surface area contributed by atoms with Crippen molar-refractivity contribution in [2.75, 3.05) is 13.2 Å². The summed E-state index contributed by atoms with van der Waals surface area (Å²) >= 11 is 1.31. The van der Waals surface area contributed by atoms with Crippen LogP contribution in [0.3, 0.4) is 0 Å². The minimum absolute atomic E-state index is 0.191. The molecule has 1 aliphatic rings. The van der Waals surface area contributed by atoms with Gasteiger partial charge in [-0.15, -0.1) is 0 Å². The molecule has 4 rings (SSSR count). The van der Waals surface area contributed by atoms with Gasteiger partial charge in [-0.1, -0.05) is 60.2 Å². The molecule has 2 aromatic carbocycles. The van der Waals surface area contributed by atoms with Crippen LogP contribution < -0.4 is 19.6 Å². The van der Waals surface area contributed by atoms with E-state index in [1.165, 1.54) is 11.3 Å². The van der Waals surface area contributed by atoms with Crippen LogP contribution in [0.25, 0.3) is 6.08 Å². The highest BCUT2D eigenvalue weighted by molar-refractivity contribution is 7.07. The molecule has 2 heterocycles. The highest BCUT2D eigenvalue weighted by Crippen LogP contribution is 2.30. The smallest absolute Gasteiger partial charge is 0.338 e. The highest BCUT2D eigenvalue weighted by atomic mass is 32.1. The number of rotatable bonds is 7. The molecule has 3 aromatic rings. The summed E-state index contributed by atoms with van der Waals surface area (Å²) in [4.78, 5) is 31.7. The summed E-state index contributed by atoms with van der Waals surface area (Å²) < 4.78 is 13.2. The van der Waals surface area contributed by atoms with Crippen molar-refractivity contribution in [3.8, 4) is 5.75 Å². The van der Waals surface area contributed by atoms with Crippen LogP contribution in [0.1, 0.15) is 49.9 Å². The molecule has 34 heavy (non-hydrogen) atoms. The fourth-order valence-electron chi connectivity index (χ4n) is 3.92. The van der Waals surface area contributed by atoms with E-state index in [1.54, 1.807) is 18.4 Å². The second-order valence-corrected chi connectivity index (χ2v) is 9.14. The molecule has 6 nitrogen and oxygen atoms in total. The Morgan fingerprint density at radius 2 is 1.91 bits per heavy atom. The number of carbonyl (C=O) groups excluding carboxylic acids is 1. The fraction of sp³-hybridized carbons (Fsp3) is 0.296. The SMILES string of the molecule is CCCOc1cccc(/C=c2\sc3n(c2=O)C(c2ccc(C)cc2)C(C(=O)OCC)=C(C)N=3)c1. The number of fused-ring (bicyclic) bond motifs is 1. The Morgan fingerprint density at radius 3 is 2.62 bits per heavy atom. The summed E-state index contributed by atoms with van der Waals surface area (Å²) in [6.45, 7) is 8.50. The average molecular weight is 477 g/mol. The standard InChI is InChI=1S/C27H28N2O4S/c1-5-14-33-21-9-7-8-19(15-21)16-22-25(30)29-24(20-12-10-17(3)11-13-20)23(26(31)32-6-2)18(4)28-27(29)34-22/h7-13,15-16,24H,5-6,14H2,1-4H3/b22-16-. The van der Waals surface area contributed by atoms with Crippen molar-refractivity contribution in [2.45, 2.75) is 40.2 Å². The molecule has 0 aliphatic carbocycles. The van der Waals surface area contributed by atoms with Gasteiger partial charge in [0.25, 0.3) is 5.56 Å². The lowest BCUT2D eigenvalue weighted by Crippen LogP contribution is -2.39. The number of aryl methyl sites for hydroxylation is 1. The van der Waals surface area contributed by atoms with E-state index in [0.29, 0.717) is 27.2 Å². The summed E-state index contributed by atoms with van der Waals surface area (Å²) in [5.41, 5.74) is 3.56. The van der Waals surface area contributed by atoms with E-state index in [2.05, 4.69) is 11.9 Å². The zero-order chi connectivity index (χ0) is 24.2. The van der Waals surface area contributed by atoms with Crippen LogP contribution in [0.2, 0.25) is 0 Å². The molecular weight excluding hydrogens is 448 g/mol. The molecule has 0 bridgehead atoms. The van der Waals surface area contributed by atoms with Crippen molar-refractivity contribution in [1.82, 2.24) is 4.57 Å². The minimum atomic E-state index is -0.600. The topological polar surface area (TPSA) is 69.9 Å². The molecule has 7 heteroatoms. The van der Waals surface area contributed by atoms with Crippen molar-refractivity contribution < 1.29 is 14.3 Å². The molecule has 0 N–H and O–H groups in total. The molecule has 0 amide bonds. The molecule has 1 aromatic heterocycles. The first kappa shape index (κ1) is 23.7. The molecule has 1 unspecified atom stereocenters. The maximum atomic E-state index is 13.6. The Bertz CT molecular complexity index is 1410. The maximum Gasteiger partial charge on any atom is 0.338 e. The number of nitrogens with zero attached hydrogens (tertiary/aromatic N) is 2. The van der Waals surface area contributed by atoms with E-state index in [1.807, 2.05) is 61.5 Å². The first-order valence-electron chi connectivity index (χ1n) is 11.4. The van der Waals surface area contributed by atoms with Crippen LogP contribution in [-0.2, 0) is 9.53 Å². The van der Waals surface area contributed by atoms with Gasteiger partial charge in [0.2, 0.25) is 0 Å². The number of aromatic nitrogens is 1. The zero-order valence-electron chi connectivity index (χ0n) is 19.8. The molecule has 0 saturated heterocycles. The Morgan fingerprint density at radius 1 is 1.15 bits per heavy atom. The lowest BCUT2D eigenvalue weighted by Gasteiger charge is -2.24. The molecule has 0 radical (unpaired) electrons. The number of ether oxygens (including phenoxy) is 2. The van der Waals surface area contributed by atoms with Crippen molar-refractivity contribution in [2.24, 2.45) is 4.99 Å². The van der Waals surface area contributed by atoms with Gasteiger partial charge in [-0.2, -0.15) is 0 Å². The van der Waals surface area contributed by atoms with E-state index >= 15 is 0 Å². The third-order valence-electron chi connectivity index (χ3n) is 5.54. The van der Waals surface area contributed by atoms with E-state index in [-0.39, 0.29) is 12.2 Å². The monoisotopic (exact) mass is 476 g/mol. The molecule has 0 spiro atoms. The average Bonchev–Trinajstić information content (AvgIpc) is 3.12. The van der Waals surface area contributed by atoms with Crippen LogP contribution in [0.5, 0.6) is 5.75 Å². The van der Waals surface area contributed by atoms with Gasteiger partial charge in [0, 0.05) is 0 Å². The number of esters is 1. The lowest BCUT2D eigenvalue weighted by molar-refractivity contribution is -0.139. The first-order chi connectivity index (χ1) is 16.4. The van der Waals surface area contributed by atoms with E-state index in [9.17, 15) is 9.59 Å². The summed E-state index contributed by atoms with van der Waals surface area (Å²) in [6, 6.07) is 14.9. The lowest BCUT2D eigenvalue weighted by atomic mass is 9.95. The Labute approximate surface area is 202 Å². The van der Waals surface area contributed by atoms with Gasteiger partial charge in [0.1, 0.15) is 5.75 Å². The third kappa shape index (κ3) is 4.75. The summed E-state index contributed by atoms with van der Waals surface area (Å²) in [5, 5.41) is 0. The number of hydrogen-bond donors (Lipinski definition) is 0. The van der Waals surface area contributed by atoms with Gasteiger partial charge >= 0.3 is 5.97 Å². The first-order valence-corrected chi connectivity index (χ1v) is 12.2. The van der Waals surface area contributed by atoms with Gasteiger partial charge in [0.15, 0.2) is 4.80 Å². The van der Waals surface area contributed by atoms with Crippen LogP contribution in [0.4, 0.5) is 0 Å².